The molecule has 0 radical (unpaired) electrons. The summed E-state index contributed by atoms with van der Waals surface area (Å²) in [7, 11) is 1.29. The van der Waals surface area contributed by atoms with Gasteiger partial charge in [0, 0.05) is 29.9 Å². The summed E-state index contributed by atoms with van der Waals surface area (Å²) >= 11 is 7.44. The maximum atomic E-state index is 13.8. The van der Waals surface area contributed by atoms with Gasteiger partial charge in [0.1, 0.15) is 44.3 Å². The Hall–Kier alpha value is -6.20. The highest BCUT2D eigenvalue weighted by atomic mass is 79.9. The van der Waals surface area contributed by atoms with Crippen LogP contribution in [0.5, 0.6) is 0 Å². The van der Waals surface area contributed by atoms with Gasteiger partial charge in [0.15, 0.2) is 0 Å². The van der Waals surface area contributed by atoms with Crippen LogP contribution in [0.3, 0.4) is 0 Å². The number of hydrogen-bond acceptors (Lipinski definition) is 7. The maximum Gasteiger partial charge on any atom is 0.407 e. The van der Waals surface area contributed by atoms with E-state index in [0.717, 1.165) is 74.6 Å². The molecule has 3 aliphatic rings. The van der Waals surface area contributed by atoms with Gasteiger partial charge in [0.2, 0.25) is 11.8 Å². The predicted octanol–water partition coefficient (Wildman–Crippen LogP) is 11.0. The fourth-order valence-corrected chi connectivity index (χ4v) is 10.9. The fourth-order valence-electron chi connectivity index (χ4n) is 9.84. The number of likely N-dealkylation sites (tertiary alicyclic amines) is 2. The zero-order valence-corrected chi connectivity index (χ0v) is 42.4. The lowest BCUT2D eigenvalue weighted by atomic mass is 10.0. The van der Waals surface area contributed by atoms with Crippen LogP contribution in [-0.4, -0.2) is 95.7 Å². The summed E-state index contributed by atoms with van der Waals surface area (Å²) < 4.78 is 8.54. The first-order valence-corrected chi connectivity index (χ1v) is 25.3. The number of aromatic amines is 2. The molecular formula is C52H57Br2N9O6. The number of imidazole rings is 2. The van der Waals surface area contributed by atoms with E-state index >= 15 is 0 Å². The molecule has 5 heterocycles. The van der Waals surface area contributed by atoms with E-state index in [1.165, 1.54) is 25.5 Å². The largest absolute Gasteiger partial charge is 0.465 e. The molecule has 17 heteroatoms. The fraction of sp³-hybridized carbons (Fsp3) is 0.385. The van der Waals surface area contributed by atoms with E-state index in [2.05, 4.69) is 142 Å². The van der Waals surface area contributed by atoms with Gasteiger partial charge in [-0.05, 0) is 129 Å². The first kappa shape index (κ1) is 47.8. The van der Waals surface area contributed by atoms with Crippen molar-refractivity contribution in [2.24, 2.45) is 11.8 Å². The van der Waals surface area contributed by atoms with Crippen LogP contribution in [0.2, 0.25) is 0 Å². The summed E-state index contributed by atoms with van der Waals surface area (Å²) in [5.74, 6) is 1.22. The van der Waals surface area contributed by atoms with Gasteiger partial charge in [-0.3, -0.25) is 9.59 Å². The third-order valence-corrected chi connectivity index (χ3v) is 14.8. The van der Waals surface area contributed by atoms with Crippen molar-refractivity contribution < 1.29 is 29.0 Å². The lowest BCUT2D eigenvalue weighted by Gasteiger charge is -2.29. The highest BCUT2D eigenvalue weighted by Crippen LogP contribution is 2.42. The molecule has 6 aromatic rings. The molecule has 0 spiro atoms. The van der Waals surface area contributed by atoms with Crippen molar-refractivity contribution in [3.8, 4) is 50.7 Å². The molecule has 3 aromatic heterocycles. The molecule has 4 amide bonds. The Morgan fingerprint density at radius 1 is 0.638 bits per heavy atom. The number of benzene rings is 3. The minimum absolute atomic E-state index is 0.133. The summed E-state index contributed by atoms with van der Waals surface area (Å²) in [5.41, 5.74) is 9.78. The Balaban J connectivity index is 0.979. The highest BCUT2D eigenvalue weighted by molar-refractivity contribution is 9.10. The number of H-pyrrole nitrogens is 2. The number of nitrogens with zero attached hydrogens (tertiary/aromatic N) is 5. The second-order valence-electron chi connectivity index (χ2n) is 18.9. The van der Waals surface area contributed by atoms with Crippen molar-refractivity contribution in [1.29, 1.82) is 0 Å². The van der Waals surface area contributed by atoms with E-state index in [-0.39, 0.29) is 35.7 Å². The van der Waals surface area contributed by atoms with Crippen molar-refractivity contribution in [2.45, 2.75) is 96.3 Å². The number of methoxy groups -OCH3 is 1. The van der Waals surface area contributed by atoms with Crippen molar-refractivity contribution >= 4 is 55.9 Å². The smallest absolute Gasteiger partial charge is 0.407 e. The Morgan fingerprint density at radius 3 is 1.48 bits per heavy atom. The monoisotopic (exact) mass is 1060 g/mol. The van der Waals surface area contributed by atoms with E-state index in [1.807, 2.05) is 32.6 Å². The summed E-state index contributed by atoms with van der Waals surface area (Å²) in [4.78, 5) is 71.5. The van der Waals surface area contributed by atoms with Gasteiger partial charge in [0.25, 0.3) is 0 Å². The molecule has 1 aliphatic carbocycles. The number of alkyl carbamates (subject to hydrolysis) is 1. The second-order valence-corrected chi connectivity index (χ2v) is 20.5. The molecule has 1 saturated carbocycles. The number of amides is 4. The van der Waals surface area contributed by atoms with Gasteiger partial charge in [-0.15, -0.1) is 0 Å². The molecule has 15 nitrogen and oxygen atoms in total. The zero-order chi connectivity index (χ0) is 48.7. The van der Waals surface area contributed by atoms with Crippen molar-refractivity contribution in [1.82, 2.24) is 44.9 Å². The number of ether oxygens (including phenoxy) is 1. The number of aromatic nitrogens is 5. The molecule has 5 N–H and O–H groups in total. The van der Waals surface area contributed by atoms with E-state index in [4.69, 9.17) is 14.7 Å². The van der Waals surface area contributed by atoms with Crippen molar-refractivity contribution in [3.63, 3.8) is 0 Å². The third kappa shape index (κ3) is 9.85. The molecule has 4 atom stereocenters. The number of hydrogen-bond donors (Lipinski definition) is 5. The van der Waals surface area contributed by atoms with Crippen LogP contribution in [0.4, 0.5) is 9.59 Å². The average molecular weight is 1060 g/mol. The normalized spacial score (nSPS) is 17.9. The number of rotatable bonds is 14. The van der Waals surface area contributed by atoms with Crippen molar-refractivity contribution in [2.75, 3.05) is 20.2 Å². The number of carbonyl (C=O) groups excluding carboxylic acids is 3. The summed E-state index contributed by atoms with van der Waals surface area (Å²) in [6, 6.07) is 27.8. The van der Waals surface area contributed by atoms with E-state index in [1.54, 1.807) is 4.90 Å². The molecule has 0 unspecified atom stereocenters. The SMILES string of the molecule is COC(=O)N[C@H](C(=O)N1CCC[C@H]1c1nc(-c2ccc(-c3ccc(-c4ccc(-c5nc([C@@H]6CCCN6C(=O)[C@@H](NC(=O)O)C(C)C)[nH]c5Br)cc4)n3-c3ccc(C4CC4)cc3)cc2)c(Br)[nH]1)C(C)C. The van der Waals surface area contributed by atoms with Gasteiger partial charge in [-0.2, -0.15) is 0 Å². The average Bonchev–Trinajstić information content (AvgIpc) is 3.84. The molecule has 3 aromatic carbocycles. The lowest BCUT2D eigenvalue weighted by molar-refractivity contribution is -0.136. The molecule has 2 saturated heterocycles. The standard InChI is InChI=1S/C52H57Br2N9O6/c1-28(2)41(57-51(66)67)49(64)61-26-6-8-39(61)47-55-43(45(53)59-47)34-16-12-32(13-17-34)37-24-25-38(63(37)36-22-20-31(21-23-36)30-10-11-30)33-14-18-35(19-15-33)44-46(54)60-48(56-44)40-9-7-27-62(40)50(65)42(29(3)4)58-52(68)69-5/h12-25,28-30,39-42,57H,6-11,26-27H2,1-5H3,(H,55,59)(H,56,60)(H,58,68)(H,66,67)/t39-,40-,41-,42-/m0/s1. The van der Waals surface area contributed by atoms with Crippen LogP contribution in [0.15, 0.2) is 94.1 Å². The topological polar surface area (TPSA) is 191 Å². The molecule has 360 valence electrons. The van der Waals surface area contributed by atoms with E-state index in [0.29, 0.717) is 41.7 Å². The first-order chi connectivity index (χ1) is 33.2. The lowest BCUT2D eigenvalue weighted by Crippen LogP contribution is -2.51. The molecule has 3 fully saturated rings. The first-order valence-electron chi connectivity index (χ1n) is 23.7. The van der Waals surface area contributed by atoms with Crippen LogP contribution in [0.1, 0.15) is 101 Å². The van der Waals surface area contributed by atoms with Gasteiger partial charge < -0.3 is 44.8 Å². The summed E-state index contributed by atoms with van der Waals surface area (Å²) in [6.07, 6.45) is 3.67. The van der Waals surface area contributed by atoms with Crippen LogP contribution < -0.4 is 10.6 Å². The van der Waals surface area contributed by atoms with E-state index in [9.17, 15) is 24.3 Å². The van der Waals surface area contributed by atoms with Crippen LogP contribution in [0.25, 0.3) is 50.7 Å². The minimum atomic E-state index is -1.22. The predicted molar refractivity (Wildman–Crippen MR) is 271 cm³/mol. The van der Waals surface area contributed by atoms with Crippen LogP contribution >= 0.6 is 31.9 Å². The summed E-state index contributed by atoms with van der Waals surface area (Å²) in [5, 5.41) is 14.6. The van der Waals surface area contributed by atoms with Gasteiger partial charge >= 0.3 is 12.2 Å². The number of carbonyl (C=O) groups is 4. The molecule has 2 aliphatic heterocycles. The Kier molecular flexibility index (Phi) is 13.9. The molecule has 9 rings (SSSR count). The van der Waals surface area contributed by atoms with Crippen LogP contribution in [-0.2, 0) is 14.3 Å². The minimum Gasteiger partial charge on any atom is -0.465 e. The zero-order valence-electron chi connectivity index (χ0n) is 39.3. The Bertz CT molecular complexity index is 2850. The Morgan fingerprint density at radius 2 is 1.07 bits per heavy atom. The number of halogens is 2. The third-order valence-electron chi connectivity index (χ3n) is 13.7. The van der Waals surface area contributed by atoms with Gasteiger partial charge in [-0.1, -0.05) is 88.4 Å². The van der Waals surface area contributed by atoms with Crippen molar-refractivity contribution in [3.05, 3.63) is 111 Å². The second kappa shape index (κ2) is 20.0. The van der Waals surface area contributed by atoms with Gasteiger partial charge in [0.05, 0.1) is 30.6 Å². The van der Waals surface area contributed by atoms with Gasteiger partial charge in [-0.25, -0.2) is 19.6 Å². The summed E-state index contributed by atoms with van der Waals surface area (Å²) in [6.45, 7) is 8.57. The maximum absolute atomic E-state index is 13.8. The number of carboxylic acid groups (broad SMARTS) is 1. The molecular weight excluding hydrogens is 1010 g/mol. The molecule has 0 bridgehead atoms. The molecule has 69 heavy (non-hydrogen) atoms. The Labute approximate surface area is 418 Å². The number of nitrogens with one attached hydrogen (secondary N) is 4. The van der Waals surface area contributed by atoms with Crippen LogP contribution in [0, 0.1) is 11.8 Å². The highest BCUT2D eigenvalue weighted by Gasteiger charge is 2.39. The quantitative estimate of drug-likeness (QED) is 0.0712. The van der Waals surface area contributed by atoms with E-state index < -0.39 is 24.3 Å².